The lowest BCUT2D eigenvalue weighted by Gasteiger charge is -2.49. The third kappa shape index (κ3) is 2.46. The number of nitrogens with zero attached hydrogens (tertiary/aromatic N) is 3. The number of rotatable bonds is 2. The first-order valence-corrected chi connectivity index (χ1v) is 11.0. The van der Waals surface area contributed by atoms with Crippen molar-refractivity contribution in [2.24, 2.45) is 5.92 Å². The molecule has 4 heterocycles. The number of anilines is 1. The number of fused-ring (bicyclic) bond motifs is 5. The highest BCUT2D eigenvalue weighted by Gasteiger charge is 2.47. The van der Waals surface area contributed by atoms with Crippen LogP contribution < -0.4 is 20.2 Å². The smallest absolute Gasteiger partial charge is 0.212 e. The summed E-state index contributed by atoms with van der Waals surface area (Å²) in [7, 11) is 1.72. The molecule has 0 aliphatic carbocycles. The van der Waals surface area contributed by atoms with Gasteiger partial charge in [-0.1, -0.05) is 43.8 Å². The van der Waals surface area contributed by atoms with Gasteiger partial charge in [0.05, 0.1) is 25.3 Å². The summed E-state index contributed by atoms with van der Waals surface area (Å²) in [6, 6.07) is 12.9. The summed E-state index contributed by atoms with van der Waals surface area (Å²) < 4.78 is 13.8. The summed E-state index contributed by atoms with van der Waals surface area (Å²) in [4.78, 5) is 0. The maximum absolute atomic E-state index is 6.19. The molecular weight excluding hydrogens is 398 g/mol. The fraction of sp³-hybridized carbons (Fsp3) is 0.364. The standard InChI is InChI=1S/C22H23N5O2S/c1-22(2)13-9-12(20-26-27-11-23-25-21(27)30-20)7-8-15(13)24-19-14(22)10-29-17-6-4-5-16(28-3)18(17)19/h4-9,11,14,19-20,24,26H,10H2,1-3H3/t14-,19-,20?/m0/s1. The number of aromatic nitrogens is 3. The summed E-state index contributed by atoms with van der Waals surface area (Å²) >= 11 is 1.68. The lowest BCUT2D eigenvalue weighted by atomic mass is 9.65. The zero-order valence-electron chi connectivity index (χ0n) is 17.0. The Morgan fingerprint density at radius 3 is 3.00 bits per heavy atom. The van der Waals surface area contributed by atoms with E-state index in [0.717, 1.165) is 22.2 Å². The predicted octanol–water partition coefficient (Wildman–Crippen LogP) is 4.09. The van der Waals surface area contributed by atoms with Gasteiger partial charge in [0.25, 0.3) is 0 Å². The van der Waals surface area contributed by atoms with Gasteiger partial charge in [-0.25, -0.2) is 4.68 Å². The topological polar surface area (TPSA) is 73.2 Å². The number of methoxy groups -OCH3 is 1. The predicted molar refractivity (Wildman–Crippen MR) is 116 cm³/mol. The van der Waals surface area contributed by atoms with Crippen LogP contribution in [0.3, 0.4) is 0 Å². The molecule has 3 atom stereocenters. The normalized spacial score (nSPS) is 25.0. The summed E-state index contributed by atoms with van der Waals surface area (Å²) in [5, 5.41) is 12.9. The van der Waals surface area contributed by atoms with Crippen LogP contribution in [0.15, 0.2) is 47.9 Å². The Hall–Kier alpha value is -2.87. The molecule has 154 valence electrons. The minimum absolute atomic E-state index is 0.0712. The van der Waals surface area contributed by atoms with Crippen LogP contribution in [0.4, 0.5) is 5.69 Å². The Morgan fingerprint density at radius 1 is 1.27 bits per heavy atom. The largest absolute Gasteiger partial charge is 0.496 e. The van der Waals surface area contributed by atoms with Crippen molar-refractivity contribution in [1.29, 1.82) is 0 Å². The molecule has 0 spiro atoms. The number of ether oxygens (including phenoxy) is 2. The van der Waals surface area contributed by atoms with E-state index in [0.29, 0.717) is 6.61 Å². The van der Waals surface area contributed by atoms with Crippen molar-refractivity contribution >= 4 is 17.4 Å². The highest BCUT2D eigenvalue weighted by atomic mass is 32.2. The Balaban J connectivity index is 1.40. The van der Waals surface area contributed by atoms with Crippen LogP contribution in [0.5, 0.6) is 11.5 Å². The summed E-state index contributed by atoms with van der Waals surface area (Å²) in [6.45, 7) is 5.32. The molecule has 3 aromatic rings. The van der Waals surface area contributed by atoms with E-state index in [-0.39, 0.29) is 22.7 Å². The van der Waals surface area contributed by atoms with Crippen molar-refractivity contribution in [3.8, 4) is 11.5 Å². The third-order valence-electron chi connectivity index (χ3n) is 6.65. The lowest BCUT2D eigenvalue weighted by Crippen LogP contribution is -2.46. The van der Waals surface area contributed by atoms with Crippen LogP contribution >= 0.6 is 11.8 Å². The van der Waals surface area contributed by atoms with Gasteiger partial charge in [-0.2, -0.15) is 0 Å². The van der Waals surface area contributed by atoms with Gasteiger partial charge in [0.1, 0.15) is 23.2 Å². The van der Waals surface area contributed by atoms with E-state index < -0.39 is 0 Å². The Kier molecular flexibility index (Phi) is 3.78. The van der Waals surface area contributed by atoms with Gasteiger partial charge in [-0.3, -0.25) is 0 Å². The van der Waals surface area contributed by atoms with E-state index in [1.807, 2.05) is 22.9 Å². The Morgan fingerprint density at radius 2 is 2.17 bits per heavy atom. The molecule has 6 rings (SSSR count). The van der Waals surface area contributed by atoms with Gasteiger partial charge in [0.2, 0.25) is 5.16 Å². The second kappa shape index (κ2) is 6.31. The van der Waals surface area contributed by atoms with Crippen molar-refractivity contribution in [3.63, 3.8) is 0 Å². The SMILES string of the molecule is COc1cccc2c1[C@H]1Nc3ccc(C4Nn5cnnc5S4)cc3C(C)(C)[C@H]1CO2. The number of thioether (sulfide) groups is 1. The van der Waals surface area contributed by atoms with E-state index >= 15 is 0 Å². The molecule has 3 aliphatic heterocycles. The second-order valence-corrected chi connectivity index (χ2v) is 9.62. The van der Waals surface area contributed by atoms with Crippen molar-refractivity contribution in [1.82, 2.24) is 14.9 Å². The molecule has 8 heteroatoms. The Labute approximate surface area is 179 Å². The maximum Gasteiger partial charge on any atom is 0.212 e. The Bertz CT molecular complexity index is 1110. The molecule has 0 saturated heterocycles. The number of hydrogen-bond acceptors (Lipinski definition) is 7. The van der Waals surface area contributed by atoms with E-state index in [4.69, 9.17) is 9.47 Å². The van der Waals surface area contributed by atoms with Gasteiger partial charge in [-0.15, -0.1) is 10.2 Å². The van der Waals surface area contributed by atoms with Crippen molar-refractivity contribution in [2.75, 3.05) is 24.5 Å². The first-order valence-electron chi connectivity index (χ1n) is 10.1. The first-order chi connectivity index (χ1) is 14.6. The highest BCUT2D eigenvalue weighted by molar-refractivity contribution is 7.99. The summed E-state index contributed by atoms with van der Waals surface area (Å²) in [5.41, 5.74) is 8.20. The van der Waals surface area contributed by atoms with Crippen LogP contribution in [0.2, 0.25) is 0 Å². The first kappa shape index (κ1) is 17.9. The van der Waals surface area contributed by atoms with Gasteiger partial charge < -0.3 is 20.2 Å². The van der Waals surface area contributed by atoms with E-state index in [2.05, 4.69) is 53.0 Å². The van der Waals surface area contributed by atoms with Crippen molar-refractivity contribution in [3.05, 3.63) is 59.4 Å². The van der Waals surface area contributed by atoms with Crippen molar-refractivity contribution < 1.29 is 9.47 Å². The minimum atomic E-state index is -0.0712. The number of nitrogens with one attached hydrogen (secondary N) is 2. The zero-order chi connectivity index (χ0) is 20.5. The third-order valence-corrected chi connectivity index (χ3v) is 7.75. The quantitative estimate of drug-likeness (QED) is 0.646. The number of benzene rings is 2. The van der Waals surface area contributed by atoms with Crippen LogP contribution in [0.1, 0.15) is 42.0 Å². The summed E-state index contributed by atoms with van der Waals surface area (Å²) in [5.74, 6) is 2.07. The van der Waals surface area contributed by atoms with Crippen LogP contribution in [-0.2, 0) is 5.41 Å². The molecule has 0 amide bonds. The molecule has 1 unspecified atom stereocenters. The van der Waals surface area contributed by atoms with E-state index in [1.54, 1.807) is 25.2 Å². The molecule has 3 aliphatic rings. The van der Waals surface area contributed by atoms with E-state index in [1.165, 1.54) is 16.8 Å². The van der Waals surface area contributed by atoms with E-state index in [9.17, 15) is 0 Å². The zero-order valence-corrected chi connectivity index (χ0v) is 17.9. The molecule has 0 fully saturated rings. The van der Waals surface area contributed by atoms with Gasteiger partial charge in [0, 0.05) is 17.0 Å². The van der Waals surface area contributed by atoms with Crippen LogP contribution in [0.25, 0.3) is 0 Å². The highest BCUT2D eigenvalue weighted by Crippen LogP contribution is 2.54. The van der Waals surface area contributed by atoms with Crippen molar-refractivity contribution in [2.45, 2.75) is 35.8 Å². The van der Waals surface area contributed by atoms with Crippen LogP contribution in [-0.4, -0.2) is 28.6 Å². The molecule has 7 nitrogen and oxygen atoms in total. The molecule has 2 aromatic carbocycles. The second-order valence-electron chi connectivity index (χ2n) is 8.55. The molecule has 2 N–H and O–H groups in total. The molecule has 0 radical (unpaired) electrons. The molecule has 0 bridgehead atoms. The van der Waals surface area contributed by atoms with Crippen LogP contribution in [0, 0.1) is 5.92 Å². The average molecular weight is 422 g/mol. The summed E-state index contributed by atoms with van der Waals surface area (Å²) in [6.07, 6.45) is 1.71. The fourth-order valence-electron chi connectivity index (χ4n) is 4.95. The maximum atomic E-state index is 6.19. The fourth-order valence-corrected chi connectivity index (χ4v) is 5.92. The minimum Gasteiger partial charge on any atom is -0.496 e. The van der Waals surface area contributed by atoms with Gasteiger partial charge in [-0.05, 0) is 29.3 Å². The van der Waals surface area contributed by atoms with Gasteiger partial charge in [0.15, 0.2) is 0 Å². The number of hydrogen-bond donors (Lipinski definition) is 2. The molecule has 1 aromatic heterocycles. The van der Waals surface area contributed by atoms with Gasteiger partial charge >= 0.3 is 0 Å². The molecular formula is C22H23N5O2S. The average Bonchev–Trinajstić information content (AvgIpc) is 3.35. The molecule has 0 saturated carbocycles. The lowest BCUT2D eigenvalue weighted by molar-refractivity contribution is 0.133. The molecule has 30 heavy (non-hydrogen) atoms. The monoisotopic (exact) mass is 421 g/mol.